The van der Waals surface area contributed by atoms with Gasteiger partial charge >= 0.3 is 14.9 Å². The first-order valence-electron chi connectivity index (χ1n) is 20.2. The van der Waals surface area contributed by atoms with Crippen molar-refractivity contribution in [2.75, 3.05) is 0 Å². The first kappa shape index (κ1) is 33.0. The van der Waals surface area contributed by atoms with Crippen LogP contribution >= 0.6 is 0 Å². The van der Waals surface area contributed by atoms with E-state index in [-0.39, 0.29) is 0 Å². The molecule has 0 aliphatic carbocycles. The predicted molar refractivity (Wildman–Crippen MR) is 243 cm³/mol. The molecule has 4 aliphatic rings. The molecule has 11 heteroatoms. The smallest absolute Gasteiger partial charge is 0.582 e. The highest BCUT2D eigenvalue weighted by Crippen LogP contribution is 2.43. The average molecular weight is 799 g/mol. The Morgan fingerprint density at radius 3 is 1.07 bits per heavy atom. The fourth-order valence-corrected chi connectivity index (χ4v) is 12.0. The third kappa shape index (κ3) is 4.64. The highest BCUT2D eigenvalue weighted by Gasteiger charge is 2.45. The Hall–Kier alpha value is -7.84. The molecule has 6 heterocycles. The van der Waals surface area contributed by atoms with Crippen LogP contribution in [0.1, 0.15) is 29.2 Å². The Bertz CT molecular complexity index is 3780. The Balaban J connectivity index is 1.25. The van der Waals surface area contributed by atoms with Gasteiger partial charge in [-0.15, -0.1) is 0 Å². The van der Waals surface area contributed by atoms with Crippen LogP contribution in [0.5, 0.6) is 0 Å². The Morgan fingerprint density at radius 1 is 0.410 bits per heavy atom. The molecule has 0 saturated carbocycles. The molecule has 14 rings (SSSR count). The van der Waals surface area contributed by atoms with Crippen molar-refractivity contribution < 1.29 is 8.58 Å². The second-order valence-corrected chi connectivity index (χ2v) is 17.8. The molecule has 8 aromatic carbocycles. The number of benzene rings is 8. The van der Waals surface area contributed by atoms with Crippen molar-refractivity contribution in [3.63, 3.8) is 0 Å². The molecule has 4 aliphatic heterocycles. The zero-order valence-electron chi connectivity index (χ0n) is 32.3. The minimum Gasteiger partial charge on any atom is -0.582 e. The topological polar surface area (TPSA) is 110 Å². The van der Waals surface area contributed by atoms with Gasteiger partial charge in [0.1, 0.15) is 22.6 Å². The van der Waals surface area contributed by atoms with Gasteiger partial charge in [-0.2, -0.15) is 0 Å². The Labute approximate surface area is 350 Å². The number of aliphatic imine (C=N–C) groups is 4. The quantitative estimate of drug-likeness (QED) is 0.155. The lowest BCUT2D eigenvalue weighted by molar-refractivity contribution is -0.132. The van der Waals surface area contributed by atoms with E-state index in [4.69, 9.17) is 33.7 Å². The molecule has 0 amide bonds. The van der Waals surface area contributed by atoms with E-state index >= 15 is 0 Å². The van der Waals surface area contributed by atoms with E-state index in [0.29, 0.717) is 46.0 Å². The van der Waals surface area contributed by atoms with E-state index in [1.165, 1.54) is 6.92 Å². The summed E-state index contributed by atoms with van der Waals surface area (Å²) in [6, 6.07) is 50.4. The second kappa shape index (κ2) is 11.9. The fraction of sp³-hybridized carbons (Fsp3) is 0.0200. The Kier molecular flexibility index (Phi) is 6.44. The molecule has 2 aromatic heterocycles. The third-order valence-corrected chi connectivity index (χ3v) is 14.8. The molecule has 0 N–H and O–H groups in total. The van der Waals surface area contributed by atoms with E-state index in [9.17, 15) is 4.79 Å². The van der Waals surface area contributed by atoms with Crippen molar-refractivity contribution in [1.82, 2.24) is 7.10 Å². The maximum Gasteiger partial charge on any atom is 0.904 e. The maximum absolute atomic E-state index is 13.7. The van der Waals surface area contributed by atoms with Crippen LogP contribution in [0.25, 0.3) is 64.6 Å². The van der Waals surface area contributed by atoms with Gasteiger partial charge in [0.05, 0.1) is 0 Å². The van der Waals surface area contributed by atoms with Gasteiger partial charge in [0, 0.05) is 50.7 Å². The zero-order valence-corrected chi connectivity index (χ0v) is 33.5. The highest BCUT2D eigenvalue weighted by atomic mass is 27.2. The van der Waals surface area contributed by atoms with Crippen LogP contribution in [0.3, 0.4) is 0 Å². The lowest BCUT2D eigenvalue weighted by Gasteiger charge is -2.18. The normalized spacial score (nSPS) is 14.7. The number of carbonyl (C=O) groups excluding carboxylic acids is 1. The summed E-state index contributed by atoms with van der Waals surface area (Å²) >= 11 is -3.35. The number of amidine groups is 4. The molecule has 0 unspecified atom stereocenters. The molecule has 0 spiro atoms. The highest BCUT2D eigenvalue weighted by molar-refractivity contribution is 6.53. The van der Waals surface area contributed by atoms with Gasteiger partial charge < -0.3 is 10.9 Å². The van der Waals surface area contributed by atoms with Gasteiger partial charge in [0.2, 0.25) is 0 Å². The van der Waals surface area contributed by atoms with E-state index in [1.54, 1.807) is 0 Å². The summed E-state index contributed by atoms with van der Waals surface area (Å²) in [6.07, 6.45) is 0. The van der Waals surface area contributed by atoms with Gasteiger partial charge in [-0.05, 0) is 91.6 Å². The molecular formula is C50H27AlN8O2. The minimum absolute atomic E-state index is 0.435. The van der Waals surface area contributed by atoms with Crippen LogP contribution < -0.4 is 11.0 Å². The number of nitrogens with zero attached hydrogens (tertiary/aromatic N) is 8. The van der Waals surface area contributed by atoms with E-state index in [0.717, 1.165) is 86.9 Å². The summed E-state index contributed by atoms with van der Waals surface area (Å²) in [7, 11) is 0. The molecule has 6 bridgehead atoms. The number of rotatable bonds is 1. The van der Waals surface area contributed by atoms with Crippen molar-refractivity contribution in [2.24, 2.45) is 30.0 Å². The third-order valence-electron chi connectivity index (χ3n) is 12.4. The van der Waals surface area contributed by atoms with Crippen LogP contribution in [0.4, 0.5) is 11.6 Å². The van der Waals surface area contributed by atoms with Gasteiger partial charge in [0.15, 0.2) is 23.3 Å². The summed E-state index contributed by atoms with van der Waals surface area (Å²) in [6.45, 7) is 1.46. The SMILES string of the molecule is CC(=O)[O][Al]1[n]2c3c4cc5ccccc5cc4c2N=C2N=C(N=c4c5cc6ccccc6cc5c([n]41)=NC1=NC(=N3)c3cc4ccccc4cc31)c1cc3ccccc3cc12. The average Bonchev–Trinajstić information content (AvgIpc) is 3.97. The summed E-state index contributed by atoms with van der Waals surface area (Å²) in [5.41, 5.74) is 4.64. The van der Waals surface area contributed by atoms with Crippen molar-refractivity contribution in [3.05, 3.63) is 179 Å². The summed E-state index contributed by atoms with van der Waals surface area (Å²) < 4.78 is 10.8. The van der Waals surface area contributed by atoms with Crippen LogP contribution in [0, 0.1) is 0 Å². The number of hydrogen-bond donors (Lipinski definition) is 0. The van der Waals surface area contributed by atoms with Crippen molar-refractivity contribution >= 4 is 121 Å². The molecule has 0 fully saturated rings. The fourth-order valence-electron chi connectivity index (χ4n) is 9.59. The van der Waals surface area contributed by atoms with Gasteiger partial charge in [-0.1, -0.05) is 97.1 Å². The maximum atomic E-state index is 13.7. The standard InChI is InChI=1S/C48H24N8.C2H4O2.Al/c1-2-10-26-18-34-33(17-25(26)9-1)41-49-42(34)54-44-37-21-29-13-5-6-14-30(29)22-38(37)46(51-44)56-48-40-24-32-16-8-7-15-31(32)23-39(40)47(52-48)55-45-36-20-28-12-4-3-11-27(28)19-35(36)43(50-45)53-41;1-2(3)4;/h1-24H;1H3,(H,3,4);/q-2;;+3/p-1. The van der Waals surface area contributed by atoms with Gasteiger partial charge in [-0.3, -0.25) is 4.79 Å². The lowest BCUT2D eigenvalue weighted by Crippen LogP contribution is -2.49. The Morgan fingerprint density at radius 2 is 0.721 bits per heavy atom. The molecule has 0 atom stereocenters. The molecular weight excluding hydrogens is 772 g/mol. The van der Waals surface area contributed by atoms with Crippen LogP contribution in [0.2, 0.25) is 0 Å². The molecule has 0 saturated heterocycles. The van der Waals surface area contributed by atoms with E-state index in [1.807, 2.05) is 48.5 Å². The summed E-state index contributed by atoms with van der Waals surface area (Å²) in [4.78, 5) is 46.3. The molecule has 61 heavy (non-hydrogen) atoms. The first-order valence-corrected chi connectivity index (χ1v) is 21.7. The molecule has 10 nitrogen and oxygen atoms in total. The lowest BCUT2D eigenvalue weighted by atomic mass is 10.0. The summed E-state index contributed by atoms with van der Waals surface area (Å²) in [5.74, 6) is 2.82. The van der Waals surface area contributed by atoms with E-state index < -0.39 is 20.9 Å². The molecule has 0 radical (unpaired) electrons. The van der Waals surface area contributed by atoms with Crippen molar-refractivity contribution in [3.8, 4) is 0 Å². The molecule has 282 valence electrons. The number of carbonyl (C=O) groups is 1. The minimum atomic E-state index is -3.35. The van der Waals surface area contributed by atoms with Crippen LogP contribution in [-0.4, -0.2) is 51.3 Å². The first-order chi connectivity index (χ1) is 30.0. The van der Waals surface area contributed by atoms with Crippen molar-refractivity contribution in [2.45, 2.75) is 6.92 Å². The van der Waals surface area contributed by atoms with Gasteiger partial charge in [-0.25, -0.2) is 30.0 Å². The van der Waals surface area contributed by atoms with Crippen LogP contribution in [0.15, 0.2) is 176 Å². The second-order valence-electron chi connectivity index (χ2n) is 15.9. The van der Waals surface area contributed by atoms with Crippen LogP contribution in [-0.2, 0) is 8.58 Å². The van der Waals surface area contributed by atoms with Gasteiger partial charge in [0.25, 0.3) is 5.97 Å². The zero-order chi connectivity index (χ0) is 40.1. The number of fused-ring (bicyclic) bond motifs is 18. The predicted octanol–water partition coefficient (Wildman–Crippen LogP) is 9.10. The number of hydrogen-bond acceptors (Lipinski definition) is 8. The summed E-state index contributed by atoms with van der Waals surface area (Å²) in [5, 5.41) is 11.8. The molecule has 10 aromatic rings. The number of aromatic nitrogens is 2. The van der Waals surface area contributed by atoms with E-state index in [2.05, 4.69) is 104 Å². The largest absolute Gasteiger partial charge is 0.904 e. The van der Waals surface area contributed by atoms with Crippen molar-refractivity contribution in [1.29, 1.82) is 0 Å². The monoisotopic (exact) mass is 798 g/mol.